The predicted molar refractivity (Wildman–Crippen MR) is 108 cm³/mol. The Balaban J connectivity index is 1.46. The quantitative estimate of drug-likeness (QED) is 0.614. The molecule has 4 aliphatic carbocycles. The fraction of sp³-hybridized carbons (Fsp3) is 0.833. The predicted octanol–water partition coefficient (Wildman–Crippen LogP) is 3.82. The number of hydrogen-bond donors (Lipinski definition) is 3. The number of aliphatic hydroxyl groups excluding tert-OH is 2. The Bertz CT molecular complexity index is 663. The summed E-state index contributed by atoms with van der Waals surface area (Å²) in [6.07, 6.45) is 13.3. The fourth-order valence-electron chi connectivity index (χ4n) is 7.99. The lowest BCUT2D eigenvalue weighted by Gasteiger charge is -2.59. The van der Waals surface area contributed by atoms with Crippen LogP contribution in [0.4, 0.5) is 0 Å². The van der Waals surface area contributed by atoms with Gasteiger partial charge in [-0.05, 0) is 92.4 Å². The fourth-order valence-corrected chi connectivity index (χ4v) is 7.99. The smallest absolute Gasteiger partial charge is 0.0757 e. The number of allylic oxidation sites excluding steroid dienone is 1. The van der Waals surface area contributed by atoms with Crippen molar-refractivity contribution in [3.8, 4) is 0 Å². The molecule has 150 valence electrons. The van der Waals surface area contributed by atoms with Crippen molar-refractivity contribution in [1.82, 2.24) is 5.32 Å². The molecule has 1 saturated heterocycles. The van der Waals surface area contributed by atoms with Crippen LogP contribution in [0, 0.1) is 34.5 Å². The Morgan fingerprint density at radius 2 is 1.85 bits per heavy atom. The first kappa shape index (κ1) is 18.4. The van der Waals surface area contributed by atoms with E-state index in [1.807, 2.05) is 0 Å². The monoisotopic (exact) mass is 371 g/mol. The highest BCUT2D eigenvalue weighted by Gasteiger charge is 2.59. The van der Waals surface area contributed by atoms with Gasteiger partial charge in [-0.15, -0.1) is 0 Å². The van der Waals surface area contributed by atoms with Crippen LogP contribution in [0.1, 0.15) is 65.2 Å². The van der Waals surface area contributed by atoms with Gasteiger partial charge < -0.3 is 15.5 Å². The summed E-state index contributed by atoms with van der Waals surface area (Å²) in [5, 5.41) is 25.0. The summed E-state index contributed by atoms with van der Waals surface area (Å²) in [4.78, 5) is 0. The van der Waals surface area contributed by atoms with E-state index < -0.39 is 0 Å². The minimum Gasteiger partial charge on any atom is -0.393 e. The zero-order chi connectivity index (χ0) is 18.8. The third-order valence-electron chi connectivity index (χ3n) is 9.48. The van der Waals surface area contributed by atoms with Gasteiger partial charge in [-0.1, -0.05) is 37.1 Å². The van der Waals surface area contributed by atoms with Gasteiger partial charge >= 0.3 is 0 Å². The summed E-state index contributed by atoms with van der Waals surface area (Å²) in [5.41, 5.74) is 3.53. The van der Waals surface area contributed by atoms with Crippen LogP contribution in [0.25, 0.3) is 0 Å². The molecule has 0 amide bonds. The molecule has 1 unspecified atom stereocenters. The van der Waals surface area contributed by atoms with Crippen LogP contribution in [0.5, 0.6) is 0 Å². The van der Waals surface area contributed by atoms with E-state index in [1.165, 1.54) is 37.8 Å². The third kappa shape index (κ3) is 2.64. The molecule has 0 aromatic heterocycles. The first-order chi connectivity index (χ1) is 12.9. The third-order valence-corrected chi connectivity index (χ3v) is 9.48. The van der Waals surface area contributed by atoms with Crippen molar-refractivity contribution in [1.29, 1.82) is 0 Å². The molecular formula is C24H37NO2. The van der Waals surface area contributed by atoms with E-state index in [-0.39, 0.29) is 23.0 Å². The maximum atomic E-state index is 11.2. The molecule has 5 aliphatic rings. The van der Waals surface area contributed by atoms with E-state index in [4.69, 9.17) is 0 Å². The zero-order valence-corrected chi connectivity index (χ0v) is 17.1. The molecule has 0 spiro atoms. The second-order valence-corrected chi connectivity index (χ2v) is 10.7. The van der Waals surface area contributed by atoms with Crippen LogP contribution in [0.3, 0.4) is 0 Å². The van der Waals surface area contributed by atoms with Gasteiger partial charge in [-0.3, -0.25) is 0 Å². The molecule has 0 bridgehead atoms. The van der Waals surface area contributed by atoms with Gasteiger partial charge in [0.1, 0.15) is 0 Å². The van der Waals surface area contributed by atoms with Gasteiger partial charge in [-0.2, -0.15) is 0 Å². The molecule has 2 saturated carbocycles. The minimum absolute atomic E-state index is 0.194. The summed E-state index contributed by atoms with van der Waals surface area (Å²) in [5.74, 6) is 2.26. The molecule has 3 heteroatoms. The topological polar surface area (TPSA) is 52.5 Å². The van der Waals surface area contributed by atoms with Crippen molar-refractivity contribution in [2.45, 2.75) is 77.4 Å². The van der Waals surface area contributed by atoms with Gasteiger partial charge in [0.25, 0.3) is 0 Å². The lowest BCUT2D eigenvalue weighted by molar-refractivity contribution is -0.0792. The summed E-state index contributed by atoms with van der Waals surface area (Å²) in [6.45, 7) is 7.26. The zero-order valence-electron chi connectivity index (χ0n) is 17.1. The van der Waals surface area contributed by atoms with Crippen molar-refractivity contribution >= 4 is 0 Å². The molecule has 0 radical (unpaired) electrons. The molecule has 0 aromatic carbocycles. The number of aliphatic hydroxyl groups is 2. The maximum Gasteiger partial charge on any atom is 0.0757 e. The highest BCUT2D eigenvalue weighted by Crippen LogP contribution is 2.65. The Hall–Kier alpha value is -0.640. The molecule has 3 nitrogen and oxygen atoms in total. The molecule has 0 aromatic rings. The SMILES string of the molecule is C[C@]12CC[C@@H](O)CC1=C[C@H](O)[C@@H]1[C@@H]2CC[C@]2(C)C(C3CCCNC3)=CC[C@@H]12. The largest absolute Gasteiger partial charge is 0.393 e. The van der Waals surface area contributed by atoms with Crippen LogP contribution < -0.4 is 5.32 Å². The Morgan fingerprint density at radius 1 is 1.04 bits per heavy atom. The average molecular weight is 372 g/mol. The van der Waals surface area contributed by atoms with Gasteiger partial charge in [0.2, 0.25) is 0 Å². The molecule has 1 heterocycles. The molecule has 27 heavy (non-hydrogen) atoms. The summed E-state index contributed by atoms with van der Waals surface area (Å²) in [6, 6.07) is 0. The van der Waals surface area contributed by atoms with Crippen LogP contribution in [0.15, 0.2) is 23.3 Å². The van der Waals surface area contributed by atoms with Gasteiger partial charge in [0.15, 0.2) is 0 Å². The molecule has 3 N–H and O–H groups in total. The number of rotatable bonds is 1. The van der Waals surface area contributed by atoms with Crippen molar-refractivity contribution < 1.29 is 10.2 Å². The minimum atomic E-state index is -0.328. The second-order valence-electron chi connectivity index (χ2n) is 10.7. The van der Waals surface area contributed by atoms with Crippen molar-refractivity contribution in [3.05, 3.63) is 23.3 Å². The standard InChI is InChI=1S/C24H37NO2/c1-23-9-7-17(26)12-16(23)13-21(27)22-19-6-5-18(15-4-3-11-25-14-15)24(19,2)10-8-20(22)23/h5,13,15,17,19-22,25-27H,3-4,6-12,14H2,1-2H3/t15?,17-,19+,20+,21+,22+,23+,24-/m1/s1. The van der Waals surface area contributed by atoms with Gasteiger partial charge in [0.05, 0.1) is 12.2 Å². The lowest BCUT2D eigenvalue weighted by atomic mass is 9.46. The van der Waals surface area contributed by atoms with Crippen LogP contribution in [-0.2, 0) is 0 Å². The number of piperidine rings is 1. The van der Waals surface area contributed by atoms with E-state index in [1.54, 1.807) is 5.57 Å². The highest BCUT2D eigenvalue weighted by atomic mass is 16.3. The van der Waals surface area contributed by atoms with E-state index in [0.717, 1.165) is 32.2 Å². The summed E-state index contributed by atoms with van der Waals surface area (Å²) >= 11 is 0. The molecule has 8 atom stereocenters. The Morgan fingerprint density at radius 3 is 2.63 bits per heavy atom. The van der Waals surface area contributed by atoms with Gasteiger partial charge in [-0.25, -0.2) is 0 Å². The van der Waals surface area contributed by atoms with Crippen LogP contribution in [0.2, 0.25) is 0 Å². The molecule has 5 rings (SSSR count). The first-order valence-corrected chi connectivity index (χ1v) is 11.4. The number of fused-ring (bicyclic) bond motifs is 5. The van der Waals surface area contributed by atoms with Crippen LogP contribution in [-0.4, -0.2) is 35.5 Å². The summed E-state index contributed by atoms with van der Waals surface area (Å²) < 4.78 is 0. The maximum absolute atomic E-state index is 11.2. The molecule has 3 fully saturated rings. The van der Waals surface area contributed by atoms with Crippen molar-refractivity contribution in [2.75, 3.05) is 13.1 Å². The van der Waals surface area contributed by atoms with Crippen molar-refractivity contribution in [2.24, 2.45) is 34.5 Å². The van der Waals surface area contributed by atoms with E-state index in [2.05, 4.69) is 31.3 Å². The lowest BCUT2D eigenvalue weighted by Crippen LogP contribution is -2.54. The number of nitrogens with one attached hydrogen (secondary N) is 1. The Labute approximate surface area is 164 Å². The average Bonchev–Trinajstić information content (AvgIpc) is 3.01. The van der Waals surface area contributed by atoms with E-state index in [9.17, 15) is 10.2 Å². The molecular weight excluding hydrogens is 334 g/mol. The van der Waals surface area contributed by atoms with E-state index >= 15 is 0 Å². The second kappa shape index (κ2) is 6.43. The Kier molecular flexibility index (Phi) is 4.38. The van der Waals surface area contributed by atoms with Crippen LogP contribution >= 0.6 is 0 Å². The molecule has 1 aliphatic heterocycles. The van der Waals surface area contributed by atoms with E-state index in [0.29, 0.717) is 23.7 Å². The number of hydrogen-bond acceptors (Lipinski definition) is 3. The summed E-state index contributed by atoms with van der Waals surface area (Å²) in [7, 11) is 0. The van der Waals surface area contributed by atoms with Crippen molar-refractivity contribution in [3.63, 3.8) is 0 Å². The first-order valence-electron chi connectivity index (χ1n) is 11.4. The highest BCUT2D eigenvalue weighted by molar-refractivity contribution is 5.33. The normalized spacial score (nSPS) is 52.3. The van der Waals surface area contributed by atoms with Gasteiger partial charge in [0, 0.05) is 6.54 Å².